The zero-order valence-electron chi connectivity index (χ0n) is 17.8. The molecule has 6 nitrogen and oxygen atoms in total. The van der Waals surface area contributed by atoms with E-state index in [0.717, 1.165) is 68.7 Å². The van der Waals surface area contributed by atoms with E-state index in [1.165, 1.54) is 5.56 Å². The van der Waals surface area contributed by atoms with Crippen LogP contribution in [0.2, 0.25) is 0 Å². The van der Waals surface area contributed by atoms with Crippen LogP contribution in [0.5, 0.6) is 0 Å². The molecule has 0 radical (unpaired) electrons. The van der Waals surface area contributed by atoms with Gasteiger partial charge >= 0.3 is 0 Å². The van der Waals surface area contributed by atoms with Gasteiger partial charge in [0.05, 0.1) is 34.1 Å². The second kappa shape index (κ2) is 7.81. The molecule has 0 saturated carbocycles. The smallest absolute Gasteiger partial charge is 0.136 e. The number of ketones is 1. The molecule has 0 fully saturated rings. The second-order valence-corrected chi connectivity index (χ2v) is 9.14. The zero-order chi connectivity index (χ0) is 21.5. The van der Waals surface area contributed by atoms with Gasteiger partial charge in [-0.2, -0.15) is 5.10 Å². The fourth-order valence-corrected chi connectivity index (χ4v) is 5.35. The molecule has 0 bridgehead atoms. The number of Topliss-reactive ketones (excluding diaryl/α,β-unsaturated/α-hetero) is 1. The van der Waals surface area contributed by atoms with Crippen LogP contribution in [0.4, 0.5) is 0 Å². The van der Waals surface area contributed by atoms with Gasteiger partial charge in [-0.25, -0.2) is 9.67 Å². The zero-order valence-corrected chi connectivity index (χ0v) is 18.7. The molecule has 0 N–H and O–H groups in total. The van der Waals surface area contributed by atoms with Gasteiger partial charge < -0.3 is 0 Å². The number of hydrogen-bond acceptors (Lipinski definition) is 6. The third-order valence-corrected chi connectivity index (χ3v) is 6.69. The number of aryl methyl sites for hydroxylation is 3. The minimum atomic E-state index is 0.133. The summed E-state index contributed by atoms with van der Waals surface area (Å²) in [7, 11) is 0. The maximum absolute atomic E-state index is 11.7. The van der Waals surface area contributed by atoms with E-state index in [2.05, 4.69) is 23.0 Å². The lowest BCUT2D eigenvalue weighted by molar-refractivity contribution is -0.116. The highest BCUT2D eigenvalue weighted by atomic mass is 32.1. The van der Waals surface area contributed by atoms with Crippen LogP contribution in [0.1, 0.15) is 40.9 Å². The molecule has 4 aromatic rings. The number of thiazole rings is 1. The summed E-state index contributed by atoms with van der Waals surface area (Å²) in [5.74, 6) is 0.133. The number of rotatable bonds is 4. The molecule has 0 saturated heterocycles. The Balaban J connectivity index is 1.78. The highest BCUT2D eigenvalue weighted by Crippen LogP contribution is 2.42. The van der Waals surface area contributed by atoms with Crippen molar-refractivity contribution in [1.82, 2.24) is 24.7 Å². The first kappa shape index (κ1) is 19.8. The Morgan fingerprint density at radius 3 is 2.77 bits per heavy atom. The first-order chi connectivity index (χ1) is 15.0. The summed E-state index contributed by atoms with van der Waals surface area (Å²) in [6.07, 6.45) is 8.77. The number of carbonyl (C=O) groups is 1. The van der Waals surface area contributed by atoms with Gasteiger partial charge in [0.1, 0.15) is 10.8 Å². The van der Waals surface area contributed by atoms with E-state index in [-0.39, 0.29) is 5.78 Å². The maximum atomic E-state index is 11.7. The molecule has 31 heavy (non-hydrogen) atoms. The molecule has 4 heterocycles. The predicted octanol–water partition coefficient (Wildman–Crippen LogP) is 4.69. The van der Waals surface area contributed by atoms with Crippen LogP contribution < -0.4 is 0 Å². The molecule has 1 aliphatic rings. The molecule has 4 aromatic heterocycles. The molecule has 0 aromatic carbocycles. The van der Waals surface area contributed by atoms with E-state index in [9.17, 15) is 4.79 Å². The summed E-state index contributed by atoms with van der Waals surface area (Å²) in [5.41, 5.74) is 8.41. The minimum Gasteiger partial charge on any atom is -0.300 e. The second-order valence-electron chi connectivity index (χ2n) is 8.05. The topological polar surface area (TPSA) is 73.6 Å². The van der Waals surface area contributed by atoms with Crippen molar-refractivity contribution >= 4 is 17.1 Å². The van der Waals surface area contributed by atoms with E-state index in [4.69, 9.17) is 10.1 Å². The van der Waals surface area contributed by atoms with Crippen LogP contribution in [0.25, 0.3) is 27.5 Å². The van der Waals surface area contributed by atoms with Crippen molar-refractivity contribution in [2.45, 2.75) is 46.5 Å². The van der Waals surface area contributed by atoms with Crippen molar-refractivity contribution in [1.29, 1.82) is 0 Å². The van der Waals surface area contributed by atoms with Gasteiger partial charge in [0.15, 0.2) is 0 Å². The Bertz CT molecular complexity index is 1290. The number of pyridine rings is 2. The predicted molar refractivity (Wildman–Crippen MR) is 122 cm³/mol. The number of nitrogens with zero attached hydrogens (tertiary/aromatic N) is 5. The number of carbonyl (C=O) groups excluding carboxylic acids is 1. The van der Waals surface area contributed by atoms with Crippen LogP contribution in [0.15, 0.2) is 36.8 Å². The normalized spacial score (nSPS) is 12.9. The monoisotopic (exact) mass is 429 g/mol. The van der Waals surface area contributed by atoms with Crippen LogP contribution in [0.3, 0.4) is 0 Å². The Morgan fingerprint density at radius 2 is 2.03 bits per heavy atom. The molecule has 5 rings (SSSR count). The van der Waals surface area contributed by atoms with Crippen molar-refractivity contribution in [3.8, 4) is 27.5 Å². The highest BCUT2D eigenvalue weighted by molar-refractivity contribution is 7.15. The third-order valence-electron chi connectivity index (χ3n) is 5.58. The standard InChI is InChI=1S/C24H23N5OS/c1-14-12-25-10-9-20(14)29-23-18(22(28-29)17-8-7-15(2)26-13-17)5-4-6-19-24(23)31-21(27-19)11-16(3)30/h7-10,12-13H,4-6,11H2,1-3H3. The molecule has 7 heteroatoms. The van der Waals surface area contributed by atoms with E-state index in [0.29, 0.717) is 6.42 Å². The Kier molecular flexibility index (Phi) is 4.98. The number of fused-ring (bicyclic) bond motifs is 3. The lowest BCUT2D eigenvalue weighted by atomic mass is 10.0. The molecule has 0 spiro atoms. The average molecular weight is 430 g/mol. The van der Waals surface area contributed by atoms with Crippen molar-refractivity contribution in [3.05, 3.63) is 64.3 Å². The molecule has 0 unspecified atom stereocenters. The SMILES string of the molecule is CC(=O)Cc1nc2c(s1)-c1c(c(-c3ccc(C)nc3)nn1-c1ccncc1C)CCC2. The summed E-state index contributed by atoms with van der Waals surface area (Å²) in [4.78, 5) is 26.4. The molecular formula is C24H23N5OS. The van der Waals surface area contributed by atoms with Gasteiger partial charge in [-0.05, 0) is 63.8 Å². The van der Waals surface area contributed by atoms with Gasteiger partial charge in [-0.1, -0.05) is 0 Å². The first-order valence-corrected chi connectivity index (χ1v) is 11.3. The quantitative estimate of drug-likeness (QED) is 0.470. The van der Waals surface area contributed by atoms with Crippen LogP contribution in [0, 0.1) is 13.8 Å². The van der Waals surface area contributed by atoms with Crippen molar-refractivity contribution in [2.24, 2.45) is 0 Å². The number of aromatic nitrogens is 5. The van der Waals surface area contributed by atoms with E-state index in [1.54, 1.807) is 24.5 Å². The Morgan fingerprint density at radius 1 is 1.16 bits per heavy atom. The largest absolute Gasteiger partial charge is 0.300 e. The first-order valence-electron chi connectivity index (χ1n) is 10.5. The fourth-order valence-electron chi connectivity index (χ4n) is 4.11. The average Bonchev–Trinajstić information content (AvgIpc) is 3.25. The maximum Gasteiger partial charge on any atom is 0.136 e. The molecule has 0 aliphatic heterocycles. The van der Waals surface area contributed by atoms with Gasteiger partial charge in [-0.3, -0.25) is 14.8 Å². The Hall–Kier alpha value is -3.19. The van der Waals surface area contributed by atoms with Gasteiger partial charge in [0.2, 0.25) is 0 Å². The Labute approximate surface area is 185 Å². The van der Waals surface area contributed by atoms with Crippen LogP contribution in [-0.4, -0.2) is 30.5 Å². The fraction of sp³-hybridized carbons (Fsp3) is 0.292. The van der Waals surface area contributed by atoms with Gasteiger partial charge in [0, 0.05) is 35.4 Å². The minimum absolute atomic E-state index is 0.133. The van der Waals surface area contributed by atoms with Gasteiger partial charge in [0.25, 0.3) is 0 Å². The molecule has 0 amide bonds. The van der Waals surface area contributed by atoms with Crippen LogP contribution in [-0.2, 0) is 24.1 Å². The molecule has 0 atom stereocenters. The van der Waals surface area contributed by atoms with Crippen molar-refractivity contribution < 1.29 is 4.79 Å². The summed E-state index contributed by atoms with van der Waals surface area (Å²) in [6, 6.07) is 6.12. The summed E-state index contributed by atoms with van der Waals surface area (Å²) in [6.45, 7) is 5.66. The lowest BCUT2D eigenvalue weighted by Crippen LogP contribution is -2.02. The molecule has 1 aliphatic carbocycles. The molecule has 156 valence electrons. The lowest BCUT2D eigenvalue weighted by Gasteiger charge is -2.09. The summed E-state index contributed by atoms with van der Waals surface area (Å²) in [5, 5.41) is 5.97. The third kappa shape index (κ3) is 3.59. The molecular weight excluding hydrogens is 406 g/mol. The highest BCUT2D eigenvalue weighted by Gasteiger charge is 2.28. The van der Waals surface area contributed by atoms with Crippen molar-refractivity contribution in [3.63, 3.8) is 0 Å². The summed E-state index contributed by atoms with van der Waals surface area (Å²) < 4.78 is 2.04. The summed E-state index contributed by atoms with van der Waals surface area (Å²) >= 11 is 1.62. The van der Waals surface area contributed by atoms with Crippen molar-refractivity contribution in [2.75, 3.05) is 0 Å². The van der Waals surface area contributed by atoms with E-state index < -0.39 is 0 Å². The van der Waals surface area contributed by atoms with E-state index in [1.807, 2.05) is 36.1 Å². The van der Waals surface area contributed by atoms with Gasteiger partial charge in [-0.15, -0.1) is 11.3 Å². The van der Waals surface area contributed by atoms with E-state index >= 15 is 0 Å². The number of hydrogen-bond donors (Lipinski definition) is 0. The van der Waals surface area contributed by atoms with Crippen LogP contribution >= 0.6 is 11.3 Å².